The zero-order chi connectivity index (χ0) is 19.2. The number of hydrogen-bond donors (Lipinski definition) is 0. The molecular weight excluding hydrogens is 376 g/mol. The number of pyridine rings is 1. The zero-order valence-electron chi connectivity index (χ0n) is 15.2. The van der Waals surface area contributed by atoms with E-state index >= 15 is 0 Å². The van der Waals surface area contributed by atoms with Gasteiger partial charge in [0.15, 0.2) is 0 Å². The van der Waals surface area contributed by atoms with Gasteiger partial charge in [-0.15, -0.1) is 0 Å². The highest BCUT2D eigenvalue weighted by Crippen LogP contribution is 2.64. The maximum Gasteiger partial charge on any atom is 0.243 e. The molecule has 0 N–H and O–H groups in total. The molecule has 8 heteroatoms. The second-order valence-electron chi connectivity index (χ2n) is 7.53. The van der Waals surface area contributed by atoms with Gasteiger partial charge in [-0.2, -0.15) is 9.29 Å². The van der Waals surface area contributed by atoms with Crippen molar-refractivity contribution in [1.82, 2.24) is 19.4 Å². The standard InChI is InChI=1S/C20H20N4O3S/c25-28(26,16-6-2-1-3-7-16)24-11-8-20(9-12-24)13-17(20)19-22-18(23-27-19)15-5-4-10-21-14-15/h1-7,10,14,17H,8-9,11-13H2. The number of rotatable bonds is 4. The molecule has 3 aromatic rings. The van der Waals surface area contributed by atoms with Crippen LogP contribution >= 0.6 is 0 Å². The van der Waals surface area contributed by atoms with E-state index in [1.165, 1.54) is 0 Å². The molecule has 0 bridgehead atoms. The maximum absolute atomic E-state index is 12.8. The largest absolute Gasteiger partial charge is 0.339 e. The van der Waals surface area contributed by atoms with Crippen molar-refractivity contribution in [3.63, 3.8) is 0 Å². The van der Waals surface area contributed by atoms with E-state index in [1.54, 1.807) is 41.0 Å². The van der Waals surface area contributed by atoms with Gasteiger partial charge in [0.2, 0.25) is 21.7 Å². The van der Waals surface area contributed by atoms with Crippen LogP contribution < -0.4 is 0 Å². The molecule has 1 unspecified atom stereocenters. The molecule has 0 amide bonds. The van der Waals surface area contributed by atoms with Crippen molar-refractivity contribution in [2.24, 2.45) is 5.41 Å². The first-order valence-corrected chi connectivity index (χ1v) is 10.8. The van der Waals surface area contributed by atoms with Crippen molar-refractivity contribution >= 4 is 10.0 Å². The number of hydrogen-bond acceptors (Lipinski definition) is 6. The van der Waals surface area contributed by atoms with Crippen LogP contribution in [0.1, 0.15) is 31.1 Å². The summed E-state index contributed by atoms with van der Waals surface area (Å²) in [4.78, 5) is 9.00. The highest BCUT2D eigenvalue weighted by atomic mass is 32.2. The predicted molar refractivity (Wildman–Crippen MR) is 102 cm³/mol. The Morgan fingerprint density at radius 3 is 2.57 bits per heavy atom. The Bertz CT molecular complexity index is 1070. The second-order valence-corrected chi connectivity index (χ2v) is 9.47. The lowest BCUT2D eigenvalue weighted by Gasteiger charge is -2.31. The highest BCUT2D eigenvalue weighted by molar-refractivity contribution is 7.89. The summed E-state index contributed by atoms with van der Waals surface area (Å²) in [5.74, 6) is 1.42. The summed E-state index contributed by atoms with van der Waals surface area (Å²) < 4.78 is 32.7. The van der Waals surface area contributed by atoms with Gasteiger partial charge in [-0.05, 0) is 48.9 Å². The number of sulfonamides is 1. The van der Waals surface area contributed by atoms with E-state index in [0.717, 1.165) is 24.8 Å². The third-order valence-electron chi connectivity index (χ3n) is 5.95. The minimum absolute atomic E-state index is 0.0848. The molecule has 2 fully saturated rings. The van der Waals surface area contributed by atoms with Crippen LogP contribution in [0.25, 0.3) is 11.4 Å². The topological polar surface area (TPSA) is 89.2 Å². The lowest BCUT2D eigenvalue weighted by molar-refractivity contribution is 0.242. The summed E-state index contributed by atoms with van der Waals surface area (Å²) in [6, 6.07) is 12.4. The number of nitrogens with zero attached hydrogens (tertiary/aromatic N) is 4. The third-order valence-corrected chi connectivity index (χ3v) is 7.86. The van der Waals surface area contributed by atoms with E-state index < -0.39 is 10.0 Å². The molecule has 28 heavy (non-hydrogen) atoms. The Balaban J connectivity index is 1.28. The van der Waals surface area contributed by atoms with E-state index in [0.29, 0.717) is 29.7 Å². The number of piperidine rings is 1. The van der Waals surface area contributed by atoms with Crippen molar-refractivity contribution < 1.29 is 12.9 Å². The Morgan fingerprint density at radius 2 is 1.86 bits per heavy atom. The van der Waals surface area contributed by atoms with E-state index in [-0.39, 0.29) is 11.3 Å². The Labute approximate surface area is 163 Å². The molecule has 144 valence electrons. The molecule has 2 aromatic heterocycles. The van der Waals surface area contributed by atoms with Crippen LogP contribution in [0, 0.1) is 5.41 Å². The zero-order valence-corrected chi connectivity index (χ0v) is 16.0. The average Bonchev–Trinajstić information content (AvgIpc) is 3.21. The molecule has 1 aliphatic heterocycles. The van der Waals surface area contributed by atoms with Gasteiger partial charge in [-0.3, -0.25) is 4.98 Å². The number of benzene rings is 1. The van der Waals surface area contributed by atoms with Crippen LogP contribution in [0.15, 0.2) is 64.3 Å². The molecular formula is C20H20N4O3S. The van der Waals surface area contributed by atoms with Crippen LogP contribution in [-0.2, 0) is 10.0 Å². The fraction of sp³-hybridized carbons (Fsp3) is 0.350. The Hall–Kier alpha value is -2.58. The lowest BCUT2D eigenvalue weighted by atomic mass is 9.92. The molecule has 1 saturated heterocycles. The van der Waals surface area contributed by atoms with Crippen LogP contribution in [0.3, 0.4) is 0 Å². The van der Waals surface area contributed by atoms with E-state index in [1.807, 2.05) is 18.2 Å². The summed E-state index contributed by atoms with van der Waals surface area (Å²) in [5, 5.41) is 4.09. The van der Waals surface area contributed by atoms with E-state index in [9.17, 15) is 8.42 Å². The van der Waals surface area contributed by atoms with Crippen molar-refractivity contribution in [2.45, 2.75) is 30.1 Å². The van der Waals surface area contributed by atoms with Crippen molar-refractivity contribution in [1.29, 1.82) is 0 Å². The van der Waals surface area contributed by atoms with Crippen LogP contribution in [0.2, 0.25) is 0 Å². The van der Waals surface area contributed by atoms with E-state index in [2.05, 4.69) is 15.1 Å². The maximum atomic E-state index is 12.8. The van der Waals surface area contributed by atoms with E-state index in [4.69, 9.17) is 4.52 Å². The lowest BCUT2D eigenvalue weighted by Crippen LogP contribution is -2.39. The second kappa shape index (κ2) is 6.49. The smallest absolute Gasteiger partial charge is 0.243 e. The summed E-state index contributed by atoms with van der Waals surface area (Å²) in [7, 11) is -3.42. The normalized spacial score (nSPS) is 21.6. The van der Waals surface area contributed by atoms with Gasteiger partial charge < -0.3 is 4.52 Å². The van der Waals surface area contributed by atoms with Gasteiger partial charge in [0.25, 0.3) is 0 Å². The van der Waals surface area contributed by atoms with Crippen LogP contribution in [-0.4, -0.2) is 40.9 Å². The predicted octanol–water partition coefficient (Wildman–Crippen LogP) is 3.09. The first-order valence-electron chi connectivity index (χ1n) is 9.38. The SMILES string of the molecule is O=S(=O)(c1ccccc1)N1CCC2(CC1)CC2c1nc(-c2cccnc2)no1. The van der Waals surface area contributed by atoms with Gasteiger partial charge in [0, 0.05) is 37.0 Å². The van der Waals surface area contributed by atoms with Crippen molar-refractivity contribution in [3.8, 4) is 11.4 Å². The molecule has 1 atom stereocenters. The Kier molecular flexibility index (Phi) is 4.06. The highest BCUT2D eigenvalue weighted by Gasteiger charge is 2.59. The van der Waals surface area contributed by atoms with Gasteiger partial charge >= 0.3 is 0 Å². The molecule has 1 aliphatic carbocycles. The number of aromatic nitrogens is 3. The van der Waals surface area contributed by atoms with Crippen molar-refractivity contribution in [3.05, 3.63) is 60.7 Å². The fourth-order valence-electron chi connectivity index (χ4n) is 4.15. The average molecular weight is 396 g/mol. The summed E-state index contributed by atoms with van der Waals surface area (Å²) in [6.45, 7) is 1.05. The summed E-state index contributed by atoms with van der Waals surface area (Å²) >= 11 is 0. The summed E-state index contributed by atoms with van der Waals surface area (Å²) in [5.41, 5.74) is 0.914. The molecule has 3 heterocycles. The fourth-order valence-corrected chi connectivity index (χ4v) is 5.61. The summed E-state index contributed by atoms with van der Waals surface area (Å²) in [6.07, 6.45) is 6.02. The minimum atomic E-state index is -3.42. The third kappa shape index (κ3) is 2.93. The van der Waals surface area contributed by atoms with Crippen LogP contribution in [0.5, 0.6) is 0 Å². The van der Waals surface area contributed by atoms with Gasteiger partial charge in [0.05, 0.1) is 4.90 Å². The quantitative estimate of drug-likeness (QED) is 0.673. The molecule has 7 nitrogen and oxygen atoms in total. The first-order chi connectivity index (χ1) is 13.6. The minimum Gasteiger partial charge on any atom is -0.339 e. The molecule has 2 aliphatic rings. The monoisotopic (exact) mass is 396 g/mol. The molecule has 1 saturated carbocycles. The first kappa shape index (κ1) is 17.5. The molecule has 1 aromatic carbocycles. The van der Waals surface area contributed by atoms with Gasteiger partial charge in [0.1, 0.15) is 0 Å². The molecule has 5 rings (SSSR count). The van der Waals surface area contributed by atoms with Gasteiger partial charge in [-0.25, -0.2) is 8.42 Å². The van der Waals surface area contributed by atoms with Crippen LogP contribution in [0.4, 0.5) is 0 Å². The van der Waals surface area contributed by atoms with Gasteiger partial charge in [-0.1, -0.05) is 23.4 Å². The van der Waals surface area contributed by atoms with Crippen molar-refractivity contribution in [2.75, 3.05) is 13.1 Å². The molecule has 0 radical (unpaired) electrons. The Morgan fingerprint density at radius 1 is 1.07 bits per heavy atom. The molecule has 1 spiro atoms.